The number of benzene rings is 2. The van der Waals surface area contributed by atoms with Gasteiger partial charge in [-0.2, -0.15) is 0 Å². The summed E-state index contributed by atoms with van der Waals surface area (Å²) >= 11 is 0. The van der Waals surface area contributed by atoms with E-state index in [9.17, 15) is 14.4 Å². The average Bonchev–Trinajstić information content (AvgIpc) is 3.38. The molecule has 0 radical (unpaired) electrons. The van der Waals surface area contributed by atoms with Crippen LogP contribution in [0.15, 0.2) is 85.2 Å². The molecule has 0 unspecified atom stereocenters. The second-order valence-electron chi connectivity index (χ2n) is 8.35. The number of carbonyl (C=O) groups excluding carboxylic acids is 3. The fourth-order valence-electron chi connectivity index (χ4n) is 4.19. The molecule has 2 aromatic carbocycles. The summed E-state index contributed by atoms with van der Waals surface area (Å²) in [6.45, 7) is 0.884. The van der Waals surface area contributed by atoms with Crippen molar-refractivity contribution in [2.45, 2.75) is 37.9 Å². The number of hydrogen-bond acceptors (Lipinski definition) is 4. The van der Waals surface area contributed by atoms with Crippen molar-refractivity contribution in [1.82, 2.24) is 20.5 Å². The zero-order valence-corrected chi connectivity index (χ0v) is 18.9. The summed E-state index contributed by atoms with van der Waals surface area (Å²) in [7, 11) is 0. The van der Waals surface area contributed by atoms with E-state index in [4.69, 9.17) is 0 Å². The monoisotopic (exact) mass is 456 g/mol. The molecule has 0 spiro atoms. The number of nitrogens with zero attached hydrogens (tertiary/aromatic N) is 2. The highest BCUT2D eigenvalue weighted by Crippen LogP contribution is 2.20. The minimum atomic E-state index is -0.806. The maximum atomic E-state index is 13.6. The van der Waals surface area contributed by atoms with E-state index in [-0.39, 0.29) is 17.7 Å². The Labute approximate surface area is 199 Å². The van der Waals surface area contributed by atoms with E-state index < -0.39 is 12.1 Å². The fraction of sp³-hybridized carbons (Fsp3) is 0.259. The molecule has 7 nitrogen and oxygen atoms in total. The number of nitrogens with one attached hydrogen (secondary N) is 2. The zero-order valence-electron chi connectivity index (χ0n) is 18.9. The predicted molar refractivity (Wildman–Crippen MR) is 129 cm³/mol. The largest absolute Gasteiger partial charge is 0.350 e. The first-order chi connectivity index (χ1) is 16.6. The van der Waals surface area contributed by atoms with Gasteiger partial charge in [0.15, 0.2) is 0 Å². The normalized spacial score (nSPS) is 16.0. The van der Waals surface area contributed by atoms with Crippen LogP contribution in [0.4, 0.5) is 0 Å². The van der Waals surface area contributed by atoms with Crippen molar-refractivity contribution in [1.29, 1.82) is 0 Å². The van der Waals surface area contributed by atoms with E-state index in [2.05, 4.69) is 15.6 Å². The van der Waals surface area contributed by atoms with Crippen molar-refractivity contribution in [2.75, 3.05) is 6.54 Å². The molecule has 1 saturated heterocycles. The van der Waals surface area contributed by atoms with Gasteiger partial charge in [0.25, 0.3) is 5.91 Å². The molecule has 1 fully saturated rings. The molecule has 34 heavy (non-hydrogen) atoms. The molecule has 7 heteroatoms. The summed E-state index contributed by atoms with van der Waals surface area (Å²) in [6.07, 6.45) is 4.97. The van der Waals surface area contributed by atoms with E-state index in [1.165, 1.54) is 0 Å². The molecule has 1 aromatic heterocycles. The van der Waals surface area contributed by atoms with Crippen LogP contribution in [0, 0.1) is 0 Å². The number of likely N-dealkylation sites (tertiary alicyclic amines) is 1. The van der Waals surface area contributed by atoms with E-state index >= 15 is 0 Å². The lowest BCUT2D eigenvalue weighted by Gasteiger charge is -2.29. The molecular weight excluding hydrogens is 428 g/mol. The highest BCUT2D eigenvalue weighted by Gasteiger charge is 2.37. The van der Waals surface area contributed by atoms with Gasteiger partial charge in [0.2, 0.25) is 11.8 Å². The Hall–Kier alpha value is -4.00. The molecule has 1 aliphatic rings. The number of amides is 3. The van der Waals surface area contributed by atoms with Crippen molar-refractivity contribution in [3.05, 3.63) is 102 Å². The van der Waals surface area contributed by atoms with E-state index in [1.807, 2.05) is 42.5 Å². The van der Waals surface area contributed by atoms with Crippen molar-refractivity contribution < 1.29 is 14.4 Å². The molecule has 0 bridgehead atoms. The summed E-state index contributed by atoms with van der Waals surface area (Å²) in [5.74, 6) is -0.762. The molecule has 2 atom stereocenters. The second-order valence-corrected chi connectivity index (χ2v) is 8.35. The zero-order chi connectivity index (χ0) is 23.8. The topological polar surface area (TPSA) is 91.4 Å². The Bertz CT molecular complexity index is 1110. The Kier molecular flexibility index (Phi) is 7.65. The Morgan fingerprint density at radius 2 is 1.65 bits per heavy atom. The van der Waals surface area contributed by atoms with E-state index in [1.54, 1.807) is 47.6 Å². The second kappa shape index (κ2) is 11.2. The first kappa shape index (κ1) is 23.2. The van der Waals surface area contributed by atoms with Gasteiger partial charge < -0.3 is 15.5 Å². The molecule has 2 N–H and O–H groups in total. The lowest BCUT2D eigenvalue weighted by molar-refractivity contribution is -0.139. The summed E-state index contributed by atoms with van der Waals surface area (Å²) in [5.41, 5.74) is 2.31. The van der Waals surface area contributed by atoms with Gasteiger partial charge in [0.1, 0.15) is 12.1 Å². The number of hydrogen-bond donors (Lipinski definition) is 2. The van der Waals surface area contributed by atoms with Crippen LogP contribution in [0.5, 0.6) is 0 Å². The van der Waals surface area contributed by atoms with Gasteiger partial charge in [-0.25, -0.2) is 0 Å². The van der Waals surface area contributed by atoms with Gasteiger partial charge in [-0.1, -0.05) is 54.6 Å². The van der Waals surface area contributed by atoms with Gasteiger partial charge in [-0.15, -0.1) is 0 Å². The number of carbonyl (C=O) groups is 3. The SMILES string of the molecule is O=C(N[C@@H](Cc1cccnc1)C(=O)N1CCC[C@H]1C(=O)NCc1ccccc1)c1ccccc1. The van der Waals surface area contributed by atoms with Gasteiger partial charge in [-0.05, 0) is 42.2 Å². The molecule has 1 aliphatic heterocycles. The summed E-state index contributed by atoms with van der Waals surface area (Å²) in [6, 6.07) is 20.8. The predicted octanol–water partition coefficient (Wildman–Crippen LogP) is 2.73. The summed E-state index contributed by atoms with van der Waals surface area (Å²) in [4.78, 5) is 45.2. The van der Waals surface area contributed by atoms with Crippen LogP contribution in [0.25, 0.3) is 0 Å². The van der Waals surface area contributed by atoms with Crippen LogP contribution >= 0.6 is 0 Å². The van der Waals surface area contributed by atoms with E-state index in [0.717, 1.165) is 17.5 Å². The van der Waals surface area contributed by atoms with Crippen LogP contribution in [-0.4, -0.2) is 46.2 Å². The number of rotatable bonds is 8. The fourth-order valence-corrected chi connectivity index (χ4v) is 4.19. The molecule has 3 aromatic rings. The van der Waals surface area contributed by atoms with Gasteiger partial charge >= 0.3 is 0 Å². The molecule has 4 rings (SSSR count). The third kappa shape index (κ3) is 5.86. The van der Waals surface area contributed by atoms with Crippen LogP contribution in [0.3, 0.4) is 0 Å². The average molecular weight is 457 g/mol. The Balaban J connectivity index is 1.48. The lowest BCUT2D eigenvalue weighted by atomic mass is 10.0. The molecule has 0 aliphatic carbocycles. The minimum Gasteiger partial charge on any atom is -0.350 e. The maximum absolute atomic E-state index is 13.6. The van der Waals surface area contributed by atoms with Crippen LogP contribution in [0.2, 0.25) is 0 Å². The molecule has 2 heterocycles. The lowest BCUT2D eigenvalue weighted by Crippen LogP contribution is -2.54. The smallest absolute Gasteiger partial charge is 0.251 e. The number of pyridine rings is 1. The summed E-state index contributed by atoms with van der Waals surface area (Å²) < 4.78 is 0. The third-order valence-electron chi connectivity index (χ3n) is 5.95. The Morgan fingerprint density at radius 3 is 2.35 bits per heavy atom. The van der Waals surface area contributed by atoms with Crippen LogP contribution in [-0.2, 0) is 22.6 Å². The van der Waals surface area contributed by atoms with Gasteiger partial charge in [-0.3, -0.25) is 19.4 Å². The first-order valence-electron chi connectivity index (χ1n) is 11.5. The highest BCUT2D eigenvalue weighted by atomic mass is 16.2. The Morgan fingerprint density at radius 1 is 0.941 bits per heavy atom. The standard InChI is InChI=1S/C27H28N4O3/c32-25(22-12-5-2-6-13-22)30-23(17-21-11-7-15-28-18-21)27(34)31-16-8-14-24(31)26(33)29-19-20-9-3-1-4-10-20/h1-7,9-13,15,18,23-24H,8,14,16-17,19H2,(H,29,33)(H,30,32)/t23-,24-/m0/s1. The van der Waals surface area contributed by atoms with Crippen LogP contribution < -0.4 is 10.6 Å². The van der Waals surface area contributed by atoms with Crippen molar-refractivity contribution in [3.8, 4) is 0 Å². The minimum absolute atomic E-state index is 0.177. The number of aromatic nitrogens is 1. The van der Waals surface area contributed by atoms with Gasteiger partial charge in [0.05, 0.1) is 0 Å². The molecule has 0 saturated carbocycles. The molecule has 174 valence electrons. The van der Waals surface area contributed by atoms with Crippen molar-refractivity contribution in [3.63, 3.8) is 0 Å². The summed E-state index contributed by atoms with van der Waals surface area (Å²) in [5, 5.41) is 5.84. The van der Waals surface area contributed by atoms with E-state index in [0.29, 0.717) is 31.5 Å². The van der Waals surface area contributed by atoms with Crippen LogP contribution in [0.1, 0.15) is 34.3 Å². The van der Waals surface area contributed by atoms with Crippen molar-refractivity contribution >= 4 is 17.7 Å². The van der Waals surface area contributed by atoms with Crippen molar-refractivity contribution in [2.24, 2.45) is 0 Å². The third-order valence-corrected chi connectivity index (χ3v) is 5.95. The highest BCUT2D eigenvalue weighted by molar-refractivity contribution is 5.98. The first-order valence-corrected chi connectivity index (χ1v) is 11.5. The van der Waals surface area contributed by atoms with Gasteiger partial charge in [0, 0.05) is 37.5 Å². The molecule has 3 amide bonds. The molecular formula is C27H28N4O3. The maximum Gasteiger partial charge on any atom is 0.251 e. The quantitative estimate of drug-likeness (QED) is 0.545.